The van der Waals surface area contributed by atoms with Crippen molar-refractivity contribution in [3.05, 3.63) is 47.2 Å². The van der Waals surface area contributed by atoms with Crippen molar-refractivity contribution in [1.82, 2.24) is 19.6 Å². The Balaban J connectivity index is 1.41. The first-order valence-electron chi connectivity index (χ1n) is 9.60. The Kier molecular flexibility index (Phi) is 5.76. The van der Waals surface area contributed by atoms with Gasteiger partial charge in [0.2, 0.25) is 0 Å². The molecule has 0 saturated carbocycles. The Morgan fingerprint density at radius 2 is 2.00 bits per heavy atom. The molecule has 1 amide bonds. The molecule has 4 rings (SSSR count). The minimum absolute atomic E-state index is 0.00693. The number of likely N-dealkylation sites (tertiary alicyclic amines) is 1. The minimum Gasteiger partial charge on any atom is -0.379 e. The normalized spacial score (nSPS) is 21.4. The van der Waals surface area contributed by atoms with Crippen LogP contribution in [0.1, 0.15) is 23.3 Å². The molecular weight excluding hydrogens is 364 g/mol. The molecule has 0 N–H and O–H groups in total. The van der Waals surface area contributed by atoms with Crippen molar-refractivity contribution in [3.63, 3.8) is 0 Å². The Morgan fingerprint density at radius 1 is 1.19 bits per heavy atom. The number of hydrogen-bond acceptors (Lipinski definition) is 4. The largest absolute Gasteiger partial charge is 0.379 e. The fourth-order valence-electron chi connectivity index (χ4n) is 3.92. The number of amides is 1. The number of ether oxygens (including phenoxy) is 1. The van der Waals surface area contributed by atoms with E-state index in [9.17, 15) is 4.79 Å². The van der Waals surface area contributed by atoms with E-state index in [0.717, 1.165) is 58.0 Å². The molecule has 27 heavy (non-hydrogen) atoms. The molecule has 3 heterocycles. The lowest BCUT2D eigenvalue weighted by atomic mass is 9.97. The van der Waals surface area contributed by atoms with Gasteiger partial charge in [0.15, 0.2) is 5.69 Å². The van der Waals surface area contributed by atoms with Gasteiger partial charge >= 0.3 is 0 Å². The van der Waals surface area contributed by atoms with E-state index in [1.165, 1.54) is 6.42 Å². The number of rotatable bonds is 4. The monoisotopic (exact) mass is 388 g/mol. The summed E-state index contributed by atoms with van der Waals surface area (Å²) in [6.45, 7) is 6.26. The van der Waals surface area contributed by atoms with Crippen LogP contribution < -0.4 is 0 Å². The maximum absolute atomic E-state index is 13.0. The topological polar surface area (TPSA) is 50.6 Å². The first-order valence-corrected chi connectivity index (χ1v) is 9.98. The van der Waals surface area contributed by atoms with Crippen molar-refractivity contribution in [1.29, 1.82) is 0 Å². The number of morpholine rings is 1. The van der Waals surface area contributed by atoms with Gasteiger partial charge in [-0.05, 0) is 37.0 Å². The van der Waals surface area contributed by atoms with E-state index in [1.807, 2.05) is 29.2 Å². The van der Waals surface area contributed by atoms with Crippen LogP contribution in [-0.2, 0) is 4.74 Å². The van der Waals surface area contributed by atoms with Gasteiger partial charge in [0.25, 0.3) is 5.91 Å². The number of carbonyl (C=O) groups is 1. The predicted molar refractivity (Wildman–Crippen MR) is 104 cm³/mol. The summed E-state index contributed by atoms with van der Waals surface area (Å²) in [5.41, 5.74) is 1.25. The third-order valence-corrected chi connectivity index (χ3v) is 5.65. The second-order valence-electron chi connectivity index (χ2n) is 7.27. The second kappa shape index (κ2) is 8.42. The Labute approximate surface area is 164 Å². The van der Waals surface area contributed by atoms with E-state index in [2.05, 4.69) is 10.00 Å². The number of piperidine rings is 1. The number of carbonyl (C=O) groups excluding carboxylic acids is 1. The third kappa shape index (κ3) is 4.34. The second-order valence-corrected chi connectivity index (χ2v) is 7.68. The van der Waals surface area contributed by atoms with Crippen LogP contribution in [0.15, 0.2) is 36.5 Å². The molecule has 144 valence electrons. The average Bonchev–Trinajstić information content (AvgIpc) is 3.19. The molecule has 0 unspecified atom stereocenters. The maximum atomic E-state index is 13.0. The maximum Gasteiger partial charge on any atom is 0.274 e. The average molecular weight is 389 g/mol. The molecule has 1 aromatic carbocycles. The zero-order valence-electron chi connectivity index (χ0n) is 15.4. The van der Waals surface area contributed by atoms with Crippen LogP contribution in [0.4, 0.5) is 0 Å². The fraction of sp³-hybridized carbons (Fsp3) is 0.500. The highest BCUT2D eigenvalue weighted by Crippen LogP contribution is 2.22. The summed E-state index contributed by atoms with van der Waals surface area (Å²) >= 11 is 6.24. The molecular formula is C20H25ClN4O2. The zero-order valence-corrected chi connectivity index (χ0v) is 16.1. The molecule has 0 aliphatic carbocycles. The van der Waals surface area contributed by atoms with Crippen molar-refractivity contribution >= 4 is 17.5 Å². The lowest BCUT2D eigenvalue weighted by Gasteiger charge is -2.36. The van der Waals surface area contributed by atoms with Gasteiger partial charge in [-0.15, -0.1) is 0 Å². The van der Waals surface area contributed by atoms with Gasteiger partial charge in [-0.2, -0.15) is 5.10 Å². The van der Waals surface area contributed by atoms with Crippen molar-refractivity contribution in [2.24, 2.45) is 5.92 Å². The van der Waals surface area contributed by atoms with Crippen LogP contribution in [0.25, 0.3) is 5.69 Å². The predicted octanol–water partition coefficient (Wildman–Crippen LogP) is 2.71. The summed E-state index contributed by atoms with van der Waals surface area (Å²) in [5.74, 6) is 0.527. The van der Waals surface area contributed by atoms with Crippen LogP contribution in [0, 0.1) is 5.92 Å². The molecule has 6 nitrogen and oxygen atoms in total. The molecule has 7 heteroatoms. The quantitative estimate of drug-likeness (QED) is 0.808. The van der Waals surface area contributed by atoms with Crippen molar-refractivity contribution in [3.8, 4) is 5.69 Å². The van der Waals surface area contributed by atoms with Gasteiger partial charge in [0.05, 0.1) is 23.9 Å². The van der Waals surface area contributed by atoms with Crippen LogP contribution >= 0.6 is 11.6 Å². The van der Waals surface area contributed by atoms with Crippen LogP contribution in [0.3, 0.4) is 0 Å². The molecule has 1 aromatic heterocycles. The van der Waals surface area contributed by atoms with Gasteiger partial charge < -0.3 is 9.64 Å². The van der Waals surface area contributed by atoms with E-state index >= 15 is 0 Å². The molecule has 0 bridgehead atoms. The Morgan fingerprint density at radius 3 is 2.81 bits per heavy atom. The first kappa shape index (κ1) is 18.5. The summed E-state index contributed by atoms with van der Waals surface area (Å²) in [7, 11) is 0. The lowest BCUT2D eigenvalue weighted by Crippen LogP contribution is -2.46. The molecule has 2 fully saturated rings. The highest BCUT2D eigenvalue weighted by molar-refractivity contribution is 6.32. The number of para-hydroxylation sites is 1. The molecule has 2 aliphatic heterocycles. The number of halogens is 1. The van der Waals surface area contributed by atoms with Gasteiger partial charge in [-0.3, -0.25) is 9.69 Å². The summed E-state index contributed by atoms with van der Waals surface area (Å²) < 4.78 is 7.10. The molecule has 2 saturated heterocycles. The standard InChI is InChI=1S/C20H25ClN4O2/c21-17-5-1-2-6-19(17)25-9-7-18(22-25)20(26)24-8-3-4-16(15-24)14-23-10-12-27-13-11-23/h1-2,5-7,9,16H,3-4,8,10-15H2/t16-/m0/s1. The lowest BCUT2D eigenvalue weighted by molar-refractivity contribution is 0.0223. The van der Waals surface area contributed by atoms with E-state index < -0.39 is 0 Å². The highest BCUT2D eigenvalue weighted by Gasteiger charge is 2.27. The van der Waals surface area contributed by atoms with Crippen LogP contribution in [0.5, 0.6) is 0 Å². The van der Waals surface area contributed by atoms with E-state index in [-0.39, 0.29) is 5.91 Å². The summed E-state index contributed by atoms with van der Waals surface area (Å²) in [6, 6.07) is 9.27. The number of aromatic nitrogens is 2. The molecule has 1 atom stereocenters. The van der Waals surface area contributed by atoms with Crippen molar-refractivity contribution < 1.29 is 9.53 Å². The fourth-order valence-corrected chi connectivity index (χ4v) is 4.14. The van der Waals surface area contributed by atoms with E-state index in [1.54, 1.807) is 16.9 Å². The first-order chi connectivity index (χ1) is 13.2. The van der Waals surface area contributed by atoms with E-state index in [4.69, 9.17) is 16.3 Å². The van der Waals surface area contributed by atoms with Crippen molar-refractivity contribution in [2.45, 2.75) is 12.8 Å². The van der Waals surface area contributed by atoms with Gasteiger partial charge in [0.1, 0.15) is 0 Å². The summed E-state index contributed by atoms with van der Waals surface area (Å²) in [6.07, 6.45) is 4.02. The number of benzene rings is 1. The summed E-state index contributed by atoms with van der Waals surface area (Å²) in [5, 5.41) is 5.09. The molecule has 0 radical (unpaired) electrons. The van der Waals surface area contributed by atoms with Crippen LogP contribution in [-0.4, -0.2) is 71.4 Å². The minimum atomic E-state index is 0.00693. The van der Waals surface area contributed by atoms with Crippen LogP contribution in [0.2, 0.25) is 5.02 Å². The van der Waals surface area contributed by atoms with Crippen molar-refractivity contribution in [2.75, 3.05) is 45.9 Å². The van der Waals surface area contributed by atoms with Gasteiger partial charge in [0, 0.05) is 38.9 Å². The Bertz CT molecular complexity index is 788. The SMILES string of the molecule is O=C(c1ccn(-c2ccccc2Cl)n1)N1CCC[C@@H](CN2CCOCC2)C1. The Hall–Kier alpha value is -1.89. The molecule has 2 aromatic rings. The molecule has 2 aliphatic rings. The number of hydrogen-bond donors (Lipinski definition) is 0. The van der Waals surface area contributed by atoms with Gasteiger partial charge in [-0.25, -0.2) is 4.68 Å². The smallest absolute Gasteiger partial charge is 0.274 e. The molecule has 0 spiro atoms. The number of nitrogens with zero attached hydrogens (tertiary/aromatic N) is 4. The third-order valence-electron chi connectivity index (χ3n) is 5.33. The highest BCUT2D eigenvalue weighted by atomic mass is 35.5. The summed E-state index contributed by atoms with van der Waals surface area (Å²) in [4.78, 5) is 17.4. The van der Waals surface area contributed by atoms with Gasteiger partial charge in [-0.1, -0.05) is 23.7 Å². The van der Waals surface area contributed by atoms with E-state index in [0.29, 0.717) is 16.6 Å². The zero-order chi connectivity index (χ0) is 18.6.